The summed E-state index contributed by atoms with van der Waals surface area (Å²) in [6.07, 6.45) is 3.54. The van der Waals surface area contributed by atoms with Gasteiger partial charge >= 0.3 is 6.18 Å². The first-order chi connectivity index (χ1) is 12.5. The number of hydrogen-bond acceptors (Lipinski definition) is 1. The van der Waals surface area contributed by atoms with Gasteiger partial charge in [-0.1, -0.05) is 48.6 Å². The molecule has 2 aromatic carbocycles. The maximum atomic E-state index is 12.7. The first-order valence-corrected chi connectivity index (χ1v) is 8.67. The van der Waals surface area contributed by atoms with Crippen LogP contribution in [-0.4, -0.2) is 6.10 Å². The van der Waals surface area contributed by atoms with Crippen LogP contribution in [0.2, 0.25) is 0 Å². The third kappa shape index (κ3) is 4.37. The number of hydrogen-bond donors (Lipinski definition) is 0. The quantitative estimate of drug-likeness (QED) is 0.564. The summed E-state index contributed by atoms with van der Waals surface area (Å²) in [5.41, 5.74) is 0.444. The smallest absolute Gasteiger partial charge is 0.416 e. The van der Waals surface area contributed by atoms with E-state index < -0.39 is 11.7 Å². The minimum absolute atomic E-state index is 0.121. The molecule has 136 valence electrons. The molecule has 0 amide bonds. The molecule has 0 N–H and O–H groups in total. The summed E-state index contributed by atoms with van der Waals surface area (Å²) >= 11 is 0. The van der Waals surface area contributed by atoms with Gasteiger partial charge in [-0.15, -0.1) is 6.58 Å². The second-order valence-corrected chi connectivity index (χ2v) is 6.52. The van der Waals surface area contributed by atoms with E-state index in [4.69, 9.17) is 4.74 Å². The molecule has 0 saturated heterocycles. The summed E-state index contributed by atoms with van der Waals surface area (Å²) in [6, 6.07) is 14.9. The van der Waals surface area contributed by atoms with Crippen molar-refractivity contribution in [2.45, 2.75) is 25.1 Å². The van der Waals surface area contributed by atoms with Crippen LogP contribution in [-0.2, 0) is 6.18 Å². The molecule has 3 atom stereocenters. The largest absolute Gasteiger partial charge is 0.489 e. The number of alkyl halides is 3. The van der Waals surface area contributed by atoms with Crippen molar-refractivity contribution in [3.05, 3.63) is 84.5 Å². The highest BCUT2D eigenvalue weighted by atomic mass is 19.4. The topological polar surface area (TPSA) is 9.23 Å². The van der Waals surface area contributed by atoms with Gasteiger partial charge in [0.25, 0.3) is 0 Å². The van der Waals surface area contributed by atoms with E-state index >= 15 is 0 Å². The van der Waals surface area contributed by atoms with Crippen LogP contribution in [0.3, 0.4) is 0 Å². The van der Waals surface area contributed by atoms with Crippen LogP contribution < -0.4 is 4.74 Å². The lowest BCUT2D eigenvalue weighted by Crippen LogP contribution is -2.26. The Bertz CT molecular complexity index is 747. The normalized spacial score (nSPS) is 23.3. The van der Waals surface area contributed by atoms with E-state index in [2.05, 4.69) is 18.7 Å². The Labute approximate surface area is 151 Å². The van der Waals surface area contributed by atoms with Crippen molar-refractivity contribution in [3.63, 3.8) is 0 Å². The Balaban J connectivity index is 1.74. The molecule has 4 heteroatoms. The highest BCUT2D eigenvalue weighted by Crippen LogP contribution is 2.37. The SMILES string of the molecule is C=C[C@H]1CC[C@@H](/C=C/c2ccccc2)[C@@H]1Oc1ccc(C(F)(F)F)cc1. The molecule has 0 heterocycles. The van der Waals surface area contributed by atoms with Gasteiger partial charge in [-0.2, -0.15) is 13.2 Å². The molecule has 0 spiro atoms. The van der Waals surface area contributed by atoms with Gasteiger partial charge in [-0.05, 0) is 42.7 Å². The van der Waals surface area contributed by atoms with E-state index in [-0.39, 0.29) is 17.9 Å². The minimum atomic E-state index is -4.34. The van der Waals surface area contributed by atoms with Gasteiger partial charge < -0.3 is 4.74 Å². The second-order valence-electron chi connectivity index (χ2n) is 6.52. The number of halogens is 3. The van der Waals surface area contributed by atoms with Gasteiger partial charge in [0.2, 0.25) is 0 Å². The van der Waals surface area contributed by atoms with Crippen LogP contribution in [0, 0.1) is 11.8 Å². The lowest BCUT2D eigenvalue weighted by atomic mass is 9.99. The van der Waals surface area contributed by atoms with Crippen LogP contribution in [0.4, 0.5) is 13.2 Å². The molecule has 0 aromatic heterocycles. The lowest BCUT2D eigenvalue weighted by Gasteiger charge is -2.23. The van der Waals surface area contributed by atoms with Crippen molar-refractivity contribution in [1.29, 1.82) is 0 Å². The first-order valence-electron chi connectivity index (χ1n) is 8.67. The maximum absolute atomic E-state index is 12.7. The Morgan fingerprint density at radius 1 is 0.923 bits per heavy atom. The summed E-state index contributed by atoms with van der Waals surface area (Å²) in [7, 11) is 0. The predicted molar refractivity (Wildman–Crippen MR) is 97.7 cm³/mol. The summed E-state index contributed by atoms with van der Waals surface area (Å²) in [5, 5.41) is 0. The van der Waals surface area contributed by atoms with Crippen molar-refractivity contribution in [3.8, 4) is 5.75 Å². The molecule has 1 nitrogen and oxygen atoms in total. The van der Waals surface area contributed by atoms with Crippen molar-refractivity contribution in [2.75, 3.05) is 0 Å². The molecule has 1 aliphatic carbocycles. The van der Waals surface area contributed by atoms with Gasteiger partial charge in [0, 0.05) is 11.8 Å². The van der Waals surface area contributed by atoms with E-state index in [0.717, 1.165) is 30.5 Å². The molecule has 0 aliphatic heterocycles. The second kappa shape index (κ2) is 7.81. The average Bonchev–Trinajstić information content (AvgIpc) is 3.02. The summed E-state index contributed by atoms with van der Waals surface area (Å²) in [6.45, 7) is 3.88. The zero-order chi connectivity index (χ0) is 18.6. The van der Waals surface area contributed by atoms with E-state index in [1.54, 1.807) is 0 Å². The van der Waals surface area contributed by atoms with Crippen LogP contribution in [0.15, 0.2) is 73.3 Å². The summed E-state index contributed by atoms with van der Waals surface area (Å²) < 4.78 is 44.2. The molecule has 0 radical (unpaired) electrons. The molecule has 3 rings (SSSR count). The van der Waals surface area contributed by atoms with Gasteiger partial charge in [0.1, 0.15) is 11.9 Å². The zero-order valence-electron chi connectivity index (χ0n) is 14.3. The van der Waals surface area contributed by atoms with Crippen LogP contribution >= 0.6 is 0 Å². The lowest BCUT2D eigenvalue weighted by molar-refractivity contribution is -0.137. The average molecular weight is 358 g/mol. The standard InChI is InChI=1S/C22H21F3O/c1-2-17-10-11-18(9-8-16-6-4-3-5-7-16)21(17)26-20-14-12-19(13-15-20)22(23,24)25/h2-9,12-15,17-18,21H,1,10-11H2/b9-8+/t17-,18+,21+/m0/s1. The third-order valence-electron chi connectivity index (χ3n) is 4.77. The Morgan fingerprint density at radius 2 is 1.58 bits per heavy atom. The molecule has 1 fully saturated rings. The zero-order valence-corrected chi connectivity index (χ0v) is 14.3. The molecular formula is C22H21F3O. The Hall–Kier alpha value is -2.49. The summed E-state index contributed by atoms with van der Waals surface area (Å²) in [4.78, 5) is 0. The monoisotopic (exact) mass is 358 g/mol. The number of ether oxygens (including phenoxy) is 1. The van der Waals surface area contributed by atoms with Crippen molar-refractivity contribution < 1.29 is 17.9 Å². The van der Waals surface area contributed by atoms with E-state index in [0.29, 0.717) is 5.75 Å². The van der Waals surface area contributed by atoms with Crippen molar-refractivity contribution in [2.24, 2.45) is 11.8 Å². The number of benzene rings is 2. The van der Waals surface area contributed by atoms with Crippen molar-refractivity contribution >= 4 is 6.08 Å². The highest BCUT2D eigenvalue weighted by molar-refractivity contribution is 5.49. The molecule has 0 unspecified atom stereocenters. The number of rotatable bonds is 5. The van der Waals surface area contributed by atoms with Gasteiger partial charge in [0.05, 0.1) is 5.56 Å². The van der Waals surface area contributed by atoms with Gasteiger partial charge in [0.15, 0.2) is 0 Å². The predicted octanol–water partition coefficient (Wildman–Crippen LogP) is 6.38. The van der Waals surface area contributed by atoms with Crippen molar-refractivity contribution in [1.82, 2.24) is 0 Å². The third-order valence-corrected chi connectivity index (χ3v) is 4.77. The Kier molecular flexibility index (Phi) is 5.50. The van der Waals surface area contributed by atoms with Gasteiger partial charge in [-0.25, -0.2) is 0 Å². The molecule has 2 aromatic rings. The van der Waals surface area contributed by atoms with Crippen LogP contribution in [0.25, 0.3) is 6.08 Å². The molecular weight excluding hydrogens is 337 g/mol. The van der Waals surface area contributed by atoms with Gasteiger partial charge in [-0.3, -0.25) is 0 Å². The fraction of sp³-hybridized carbons (Fsp3) is 0.273. The first kappa shape index (κ1) is 18.3. The van der Waals surface area contributed by atoms with E-state index in [1.165, 1.54) is 12.1 Å². The Morgan fingerprint density at radius 3 is 2.19 bits per heavy atom. The highest BCUT2D eigenvalue weighted by Gasteiger charge is 2.35. The minimum Gasteiger partial charge on any atom is -0.489 e. The summed E-state index contributed by atoms with van der Waals surface area (Å²) in [5.74, 6) is 0.832. The van der Waals surface area contributed by atoms with E-state index in [9.17, 15) is 13.2 Å². The van der Waals surface area contributed by atoms with E-state index in [1.807, 2.05) is 36.4 Å². The van der Waals surface area contributed by atoms with Crippen LogP contribution in [0.1, 0.15) is 24.0 Å². The van der Waals surface area contributed by atoms with Crippen LogP contribution in [0.5, 0.6) is 5.75 Å². The molecule has 26 heavy (non-hydrogen) atoms. The maximum Gasteiger partial charge on any atom is 0.416 e. The fourth-order valence-electron chi connectivity index (χ4n) is 3.34. The molecule has 0 bridgehead atoms. The fourth-order valence-corrected chi connectivity index (χ4v) is 3.34. The molecule has 1 saturated carbocycles. The molecule has 1 aliphatic rings.